The molecule has 0 spiro atoms. The number of para-hydroxylation sites is 1. The number of ether oxygens (including phenoxy) is 1. The van der Waals surface area contributed by atoms with Crippen LogP contribution in [0.1, 0.15) is 5.56 Å². The number of hydrogen-bond donors (Lipinski definition) is 1. The lowest BCUT2D eigenvalue weighted by atomic mass is 9.96. The summed E-state index contributed by atoms with van der Waals surface area (Å²) in [6.07, 6.45) is 2.33. The van der Waals surface area contributed by atoms with Gasteiger partial charge < -0.3 is 10.1 Å². The van der Waals surface area contributed by atoms with Gasteiger partial charge >= 0.3 is 0 Å². The fourth-order valence-corrected chi connectivity index (χ4v) is 2.55. The molecule has 0 saturated heterocycles. The second-order valence-electron chi connectivity index (χ2n) is 4.64. The summed E-state index contributed by atoms with van der Waals surface area (Å²) in [5.41, 5.74) is 1.07. The average Bonchev–Trinajstić information content (AvgIpc) is 2.49. The van der Waals surface area contributed by atoms with Crippen molar-refractivity contribution in [2.24, 2.45) is 5.92 Å². The maximum absolute atomic E-state index is 12.3. The van der Waals surface area contributed by atoms with Crippen LogP contribution in [0.15, 0.2) is 47.1 Å². The number of aromatic nitrogens is 1. The van der Waals surface area contributed by atoms with E-state index in [0.29, 0.717) is 18.8 Å². The maximum atomic E-state index is 12.3. The standard InChI is InChI=1S/C15H13BrN2O2/c16-12-5-3-7-17-14(12)18-15(19)11-8-10-4-1-2-6-13(10)20-9-11/h1-7,11H,8-9H2,(H,17,18,19). The molecule has 5 heteroatoms. The van der Waals surface area contributed by atoms with E-state index in [2.05, 4.69) is 26.2 Å². The minimum absolute atomic E-state index is 0.0705. The molecule has 0 fully saturated rings. The second-order valence-corrected chi connectivity index (χ2v) is 5.50. The van der Waals surface area contributed by atoms with Crippen LogP contribution in [0.3, 0.4) is 0 Å². The molecule has 1 atom stereocenters. The first-order valence-electron chi connectivity index (χ1n) is 6.36. The molecule has 2 aromatic rings. The largest absolute Gasteiger partial charge is 0.492 e. The number of fused-ring (bicyclic) bond motifs is 1. The van der Waals surface area contributed by atoms with Gasteiger partial charge in [0.25, 0.3) is 0 Å². The van der Waals surface area contributed by atoms with Gasteiger partial charge in [0.2, 0.25) is 5.91 Å². The average molecular weight is 333 g/mol. The number of anilines is 1. The number of benzene rings is 1. The molecular weight excluding hydrogens is 320 g/mol. The summed E-state index contributed by atoms with van der Waals surface area (Å²) < 4.78 is 6.40. The van der Waals surface area contributed by atoms with Gasteiger partial charge in [-0.05, 0) is 46.1 Å². The number of carbonyl (C=O) groups is 1. The quantitative estimate of drug-likeness (QED) is 0.919. The molecule has 3 rings (SSSR count). The molecule has 20 heavy (non-hydrogen) atoms. The van der Waals surface area contributed by atoms with Crippen LogP contribution in [0.4, 0.5) is 5.82 Å². The summed E-state index contributed by atoms with van der Waals surface area (Å²) in [5, 5.41) is 2.83. The minimum Gasteiger partial charge on any atom is -0.492 e. The Bertz CT molecular complexity index is 645. The van der Waals surface area contributed by atoms with E-state index in [4.69, 9.17) is 4.74 Å². The van der Waals surface area contributed by atoms with E-state index in [9.17, 15) is 4.79 Å². The van der Waals surface area contributed by atoms with E-state index in [1.165, 1.54) is 0 Å². The van der Waals surface area contributed by atoms with Crippen LogP contribution in [-0.2, 0) is 11.2 Å². The molecule has 0 saturated carbocycles. The Kier molecular flexibility index (Phi) is 3.69. The minimum atomic E-state index is -0.196. The normalized spacial score (nSPS) is 16.9. The molecule has 1 N–H and O–H groups in total. The lowest BCUT2D eigenvalue weighted by Crippen LogP contribution is -2.32. The Morgan fingerprint density at radius 2 is 2.15 bits per heavy atom. The third-order valence-corrected chi connectivity index (χ3v) is 3.89. The topological polar surface area (TPSA) is 51.2 Å². The summed E-state index contributed by atoms with van der Waals surface area (Å²) in [7, 11) is 0. The lowest BCUT2D eigenvalue weighted by molar-refractivity contribution is -0.121. The molecule has 4 nitrogen and oxygen atoms in total. The van der Waals surface area contributed by atoms with Gasteiger partial charge in [-0.1, -0.05) is 18.2 Å². The molecular formula is C15H13BrN2O2. The highest BCUT2D eigenvalue weighted by molar-refractivity contribution is 9.10. The van der Waals surface area contributed by atoms with E-state index < -0.39 is 0 Å². The lowest BCUT2D eigenvalue weighted by Gasteiger charge is -2.24. The van der Waals surface area contributed by atoms with E-state index in [1.54, 1.807) is 12.3 Å². The molecule has 1 aliphatic rings. The van der Waals surface area contributed by atoms with Crippen molar-refractivity contribution in [2.45, 2.75) is 6.42 Å². The number of nitrogens with zero attached hydrogens (tertiary/aromatic N) is 1. The van der Waals surface area contributed by atoms with Crippen molar-refractivity contribution in [3.63, 3.8) is 0 Å². The van der Waals surface area contributed by atoms with E-state index >= 15 is 0 Å². The van der Waals surface area contributed by atoms with Crippen LogP contribution in [-0.4, -0.2) is 17.5 Å². The highest BCUT2D eigenvalue weighted by Gasteiger charge is 2.26. The fraction of sp³-hybridized carbons (Fsp3) is 0.200. The molecule has 1 aromatic carbocycles. The zero-order chi connectivity index (χ0) is 13.9. The number of rotatable bonds is 2. The van der Waals surface area contributed by atoms with Gasteiger partial charge in [0.15, 0.2) is 0 Å². The predicted octanol–water partition coefficient (Wildman–Crippen LogP) is 3.03. The zero-order valence-electron chi connectivity index (χ0n) is 10.7. The van der Waals surface area contributed by atoms with Crippen LogP contribution >= 0.6 is 15.9 Å². The van der Waals surface area contributed by atoms with E-state index in [-0.39, 0.29) is 11.8 Å². The van der Waals surface area contributed by atoms with Crippen LogP contribution in [0.5, 0.6) is 5.75 Å². The Balaban J connectivity index is 1.72. The first-order valence-corrected chi connectivity index (χ1v) is 7.15. The van der Waals surface area contributed by atoms with Crippen molar-refractivity contribution >= 4 is 27.7 Å². The SMILES string of the molecule is O=C(Nc1ncccc1Br)C1COc2ccccc2C1. The summed E-state index contributed by atoms with van der Waals surface area (Å²) in [4.78, 5) is 16.4. The summed E-state index contributed by atoms with van der Waals surface area (Å²) in [6.45, 7) is 0.396. The molecule has 2 heterocycles. The number of amides is 1. The van der Waals surface area contributed by atoms with Gasteiger partial charge in [-0.15, -0.1) is 0 Å². The van der Waals surface area contributed by atoms with Crippen molar-refractivity contribution in [1.29, 1.82) is 0 Å². The van der Waals surface area contributed by atoms with Crippen molar-refractivity contribution in [2.75, 3.05) is 11.9 Å². The van der Waals surface area contributed by atoms with Crippen molar-refractivity contribution in [1.82, 2.24) is 4.98 Å². The number of halogens is 1. The predicted molar refractivity (Wildman–Crippen MR) is 79.7 cm³/mol. The molecule has 1 unspecified atom stereocenters. The first kappa shape index (κ1) is 13.1. The third kappa shape index (κ3) is 2.67. The molecule has 0 aliphatic carbocycles. The second kappa shape index (κ2) is 5.63. The van der Waals surface area contributed by atoms with Crippen molar-refractivity contribution < 1.29 is 9.53 Å². The number of carbonyl (C=O) groups excluding carboxylic acids is 1. The number of nitrogens with one attached hydrogen (secondary N) is 1. The highest BCUT2D eigenvalue weighted by atomic mass is 79.9. The first-order chi connectivity index (χ1) is 9.74. The summed E-state index contributed by atoms with van der Waals surface area (Å²) in [5.74, 6) is 1.14. The van der Waals surface area contributed by atoms with Crippen LogP contribution in [0.2, 0.25) is 0 Å². The highest BCUT2D eigenvalue weighted by Crippen LogP contribution is 2.28. The summed E-state index contributed by atoms with van der Waals surface area (Å²) in [6, 6.07) is 11.5. The monoisotopic (exact) mass is 332 g/mol. The van der Waals surface area contributed by atoms with Gasteiger partial charge in [0, 0.05) is 6.20 Å². The Morgan fingerprint density at radius 1 is 1.30 bits per heavy atom. The molecule has 1 aliphatic heterocycles. The van der Waals surface area contributed by atoms with Crippen molar-refractivity contribution in [3.8, 4) is 5.75 Å². The maximum Gasteiger partial charge on any atom is 0.232 e. The Labute approximate surface area is 125 Å². The summed E-state index contributed by atoms with van der Waals surface area (Å²) >= 11 is 3.37. The molecule has 0 radical (unpaired) electrons. The van der Waals surface area contributed by atoms with Gasteiger partial charge in [0.1, 0.15) is 18.2 Å². The van der Waals surface area contributed by atoms with Crippen LogP contribution in [0.25, 0.3) is 0 Å². The third-order valence-electron chi connectivity index (χ3n) is 3.25. The van der Waals surface area contributed by atoms with E-state index in [1.807, 2.05) is 30.3 Å². The number of pyridine rings is 1. The molecule has 0 bridgehead atoms. The number of hydrogen-bond acceptors (Lipinski definition) is 3. The van der Waals surface area contributed by atoms with Gasteiger partial charge in [0.05, 0.1) is 10.4 Å². The van der Waals surface area contributed by atoms with Gasteiger partial charge in [-0.3, -0.25) is 4.79 Å². The Morgan fingerprint density at radius 3 is 3.00 bits per heavy atom. The molecule has 102 valence electrons. The fourth-order valence-electron chi connectivity index (χ4n) is 2.19. The van der Waals surface area contributed by atoms with Crippen molar-refractivity contribution in [3.05, 3.63) is 52.6 Å². The molecule has 1 aromatic heterocycles. The smallest absolute Gasteiger partial charge is 0.232 e. The van der Waals surface area contributed by atoms with Crippen LogP contribution < -0.4 is 10.1 Å². The zero-order valence-corrected chi connectivity index (χ0v) is 12.3. The van der Waals surface area contributed by atoms with Gasteiger partial charge in [-0.25, -0.2) is 4.98 Å². The molecule has 1 amide bonds. The van der Waals surface area contributed by atoms with Crippen LogP contribution in [0, 0.1) is 5.92 Å². The van der Waals surface area contributed by atoms with E-state index in [0.717, 1.165) is 15.8 Å². The Hall–Kier alpha value is -1.88. The van der Waals surface area contributed by atoms with Gasteiger partial charge in [-0.2, -0.15) is 0 Å².